The molecule has 1 aromatic carbocycles. The number of hydrogen-bond acceptors (Lipinski definition) is 1. The van der Waals surface area contributed by atoms with Crippen molar-refractivity contribution in [3.63, 3.8) is 0 Å². The summed E-state index contributed by atoms with van der Waals surface area (Å²) in [5.41, 5.74) is 1.42. The molecule has 0 spiro atoms. The van der Waals surface area contributed by atoms with E-state index in [9.17, 15) is 0 Å². The number of hydrogen-bond donors (Lipinski definition) is 2. The predicted octanol–water partition coefficient (Wildman–Crippen LogP) is 0.167. The number of rotatable bonds is 6. The van der Waals surface area contributed by atoms with E-state index in [-0.39, 0.29) is 0 Å². The summed E-state index contributed by atoms with van der Waals surface area (Å²) < 4.78 is 5.21. The average Bonchev–Trinajstić information content (AvgIpc) is 2.51. The molecule has 2 N–H and O–H groups in total. The molecule has 1 aliphatic heterocycles. The Bertz CT molecular complexity index is 378. The van der Waals surface area contributed by atoms with Crippen molar-refractivity contribution in [1.29, 1.82) is 0 Å². The first-order valence-electron chi connectivity index (χ1n) is 8.07. The Morgan fingerprint density at radius 2 is 1.60 bits per heavy atom. The van der Waals surface area contributed by atoms with Crippen LogP contribution in [0.5, 0.6) is 5.75 Å². The topological polar surface area (TPSA) is 18.1 Å². The highest BCUT2D eigenvalue weighted by molar-refractivity contribution is 5.26. The summed E-state index contributed by atoms with van der Waals surface area (Å²) >= 11 is 0. The molecule has 1 fully saturated rings. The summed E-state index contributed by atoms with van der Waals surface area (Å²) in [5.74, 6) is 0.951. The van der Waals surface area contributed by atoms with E-state index in [0.29, 0.717) is 0 Å². The molecule has 1 aliphatic rings. The van der Waals surface area contributed by atoms with Crippen LogP contribution in [0.4, 0.5) is 0 Å². The molecule has 0 unspecified atom stereocenters. The normalized spacial score (nSPS) is 23.0. The minimum Gasteiger partial charge on any atom is -0.497 e. The number of piperazine rings is 1. The van der Waals surface area contributed by atoms with Crippen LogP contribution in [0.2, 0.25) is 0 Å². The lowest BCUT2D eigenvalue weighted by Gasteiger charge is -2.34. The maximum atomic E-state index is 5.21. The van der Waals surface area contributed by atoms with Crippen LogP contribution < -0.4 is 14.5 Å². The number of ether oxygens (including phenoxy) is 1. The third-order valence-corrected chi connectivity index (χ3v) is 4.78. The molecule has 0 aromatic heterocycles. The van der Waals surface area contributed by atoms with Crippen LogP contribution in [0.3, 0.4) is 0 Å². The largest absolute Gasteiger partial charge is 0.497 e. The third-order valence-electron chi connectivity index (χ3n) is 4.78. The van der Waals surface area contributed by atoms with E-state index in [1.54, 1.807) is 12.0 Å². The summed E-state index contributed by atoms with van der Waals surface area (Å²) in [6.07, 6.45) is 2.64. The maximum Gasteiger partial charge on any atom is 0.127 e. The molecule has 3 heteroatoms. The lowest BCUT2D eigenvalue weighted by atomic mass is 10.1. The van der Waals surface area contributed by atoms with Gasteiger partial charge in [0.05, 0.1) is 13.2 Å². The van der Waals surface area contributed by atoms with E-state index in [2.05, 4.69) is 38.1 Å². The SMILES string of the molecule is CCC(CC)[NH+]1CC[NH+](Cc2ccc(OC)cc2)CC1. The molecule has 0 bridgehead atoms. The van der Waals surface area contributed by atoms with Crippen molar-refractivity contribution >= 4 is 0 Å². The monoisotopic (exact) mass is 278 g/mol. The van der Waals surface area contributed by atoms with Crippen molar-refractivity contribution in [3.05, 3.63) is 29.8 Å². The van der Waals surface area contributed by atoms with Gasteiger partial charge >= 0.3 is 0 Å². The van der Waals surface area contributed by atoms with E-state index in [0.717, 1.165) is 18.3 Å². The van der Waals surface area contributed by atoms with Crippen molar-refractivity contribution in [3.8, 4) is 5.75 Å². The van der Waals surface area contributed by atoms with Gasteiger partial charge in [0, 0.05) is 5.56 Å². The maximum absolute atomic E-state index is 5.21. The van der Waals surface area contributed by atoms with Crippen LogP contribution in [-0.2, 0) is 6.54 Å². The first kappa shape index (κ1) is 15.3. The van der Waals surface area contributed by atoms with Gasteiger partial charge in [0.1, 0.15) is 38.5 Å². The molecule has 2 rings (SSSR count). The lowest BCUT2D eigenvalue weighted by molar-refractivity contribution is -1.03. The van der Waals surface area contributed by atoms with Gasteiger partial charge < -0.3 is 14.5 Å². The van der Waals surface area contributed by atoms with Crippen LogP contribution in [-0.4, -0.2) is 39.3 Å². The Morgan fingerprint density at radius 1 is 1.00 bits per heavy atom. The number of quaternary nitrogens is 2. The average molecular weight is 278 g/mol. The first-order chi connectivity index (χ1) is 9.76. The zero-order chi connectivity index (χ0) is 14.4. The third kappa shape index (κ3) is 3.97. The highest BCUT2D eigenvalue weighted by Crippen LogP contribution is 2.10. The van der Waals surface area contributed by atoms with Gasteiger partial charge in [0.2, 0.25) is 0 Å². The fourth-order valence-corrected chi connectivity index (χ4v) is 3.41. The van der Waals surface area contributed by atoms with Crippen molar-refractivity contribution < 1.29 is 14.5 Å². The summed E-state index contributed by atoms with van der Waals surface area (Å²) in [6, 6.07) is 9.41. The quantitative estimate of drug-likeness (QED) is 0.759. The first-order valence-corrected chi connectivity index (χ1v) is 8.07. The van der Waals surface area contributed by atoms with Gasteiger partial charge in [-0.1, -0.05) is 13.8 Å². The lowest BCUT2D eigenvalue weighted by Crippen LogP contribution is -3.29. The van der Waals surface area contributed by atoms with Gasteiger partial charge in [-0.05, 0) is 37.1 Å². The molecule has 0 aliphatic carbocycles. The Morgan fingerprint density at radius 3 is 2.10 bits per heavy atom. The van der Waals surface area contributed by atoms with Crippen molar-refractivity contribution in [2.75, 3.05) is 33.3 Å². The van der Waals surface area contributed by atoms with Crippen molar-refractivity contribution in [2.24, 2.45) is 0 Å². The molecule has 3 nitrogen and oxygen atoms in total. The predicted molar refractivity (Wildman–Crippen MR) is 82.5 cm³/mol. The molecule has 1 saturated heterocycles. The van der Waals surface area contributed by atoms with Gasteiger partial charge in [-0.25, -0.2) is 0 Å². The van der Waals surface area contributed by atoms with Crippen LogP contribution in [0.15, 0.2) is 24.3 Å². The number of benzene rings is 1. The molecule has 0 saturated carbocycles. The second kappa shape index (κ2) is 7.65. The van der Waals surface area contributed by atoms with Gasteiger partial charge in [-0.2, -0.15) is 0 Å². The molecular weight excluding hydrogens is 248 g/mol. The Labute approximate surface area is 123 Å². The van der Waals surface area contributed by atoms with Gasteiger partial charge in [-0.15, -0.1) is 0 Å². The number of nitrogens with one attached hydrogen (secondary N) is 2. The van der Waals surface area contributed by atoms with Crippen LogP contribution in [0.1, 0.15) is 32.3 Å². The Balaban J connectivity index is 1.81. The molecule has 0 atom stereocenters. The van der Waals surface area contributed by atoms with Crippen LogP contribution in [0.25, 0.3) is 0 Å². The summed E-state index contributed by atoms with van der Waals surface area (Å²) in [7, 11) is 1.72. The summed E-state index contributed by atoms with van der Waals surface area (Å²) in [6.45, 7) is 11.1. The highest BCUT2D eigenvalue weighted by atomic mass is 16.5. The highest BCUT2D eigenvalue weighted by Gasteiger charge is 2.27. The zero-order valence-electron chi connectivity index (χ0n) is 13.2. The summed E-state index contributed by atoms with van der Waals surface area (Å²) in [5, 5.41) is 0. The van der Waals surface area contributed by atoms with E-state index in [4.69, 9.17) is 4.74 Å². The van der Waals surface area contributed by atoms with Crippen LogP contribution >= 0.6 is 0 Å². The van der Waals surface area contributed by atoms with E-state index in [1.165, 1.54) is 44.6 Å². The Hall–Kier alpha value is -1.06. The van der Waals surface area contributed by atoms with Crippen molar-refractivity contribution in [1.82, 2.24) is 0 Å². The summed E-state index contributed by atoms with van der Waals surface area (Å²) in [4.78, 5) is 3.55. The fraction of sp³-hybridized carbons (Fsp3) is 0.647. The van der Waals surface area contributed by atoms with Gasteiger partial charge in [0.25, 0.3) is 0 Å². The van der Waals surface area contributed by atoms with Crippen molar-refractivity contribution in [2.45, 2.75) is 39.3 Å². The second-order valence-corrected chi connectivity index (χ2v) is 5.95. The molecule has 0 radical (unpaired) electrons. The molecule has 1 aromatic rings. The Kier molecular flexibility index (Phi) is 5.86. The molecule has 0 amide bonds. The fourth-order valence-electron chi connectivity index (χ4n) is 3.41. The minimum absolute atomic E-state index is 0.873. The van der Waals surface area contributed by atoms with Gasteiger partial charge in [0.15, 0.2) is 0 Å². The van der Waals surface area contributed by atoms with Crippen LogP contribution in [0, 0.1) is 0 Å². The molecule has 112 valence electrons. The van der Waals surface area contributed by atoms with E-state index >= 15 is 0 Å². The standard InChI is InChI=1S/C17H28N2O/c1-4-16(5-2)19-12-10-18(11-13-19)14-15-6-8-17(20-3)9-7-15/h6-9,16H,4-5,10-14H2,1-3H3/p+2. The molecule has 20 heavy (non-hydrogen) atoms. The second-order valence-electron chi connectivity index (χ2n) is 5.95. The number of methoxy groups -OCH3 is 1. The molecular formula is C17H30N2O+2. The molecule has 1 heterocycles. The smallest absolute Gasteiger partial charge is 0.127 e. The van der Waals surface area contributed by atoms with E-state index < -0.39 is 0 Å². The van der Waals surface area contributed by atoms with E-state index in [1.807, 2.05) is 4.90 Å². The minimum atomic E-state index is 0.873. The van der Waals surface area contributed by atoms with Gasteiger partial charge in [-0.3, -0.25) is 0 Å². The zero-order valence-corrected chi connectivity index (χ0v) is 13.2.